The monoisotopic (exact) mass is 329 g/mol. The van der Waals surface area contributed by atoms with Crippen molar-refractivity contribution < 1.29 is 9.63 Å². The van der Waals surface area contributed by atoms with Crippen LogP contribution in [0.15, 0.2) is 52.4 Å². The normalized spacial score (nSPS) is 12.7. The molecule has 1 N–H and O–H groups in total. The molecule has 5 nitrogen and oxygen atoms in total. The van der Waals surface area contributed by atoms with Crippen molar-refractivity contribution in [1.82, 2.24) is 15.0 Å². The summed E-state index contributed by atoms with van der Waals surface area (Å²) < 4.78 is 5.22. The average Bonchev–Trinajstić information content (AvgIpc) is 3.20. The molecule has 120 valence electrons. The fourth-order valence-electron chi connectivity index (χ4n) is 2.44. The molecule has 0 aliphatic rings. The molecule has 0 spiro atoms. The summed E-state index contributed by atoms with van der Waals surface area (Å²) in [5.41, 5.74) is 1.18. The Bertz CT molecular complexity index is 713. The van der Waals surface area contributed by atoms with Crippen molar-refractivity contribution >= 4 is 11.3 Å². The molecule has 2 heterocycles. The molecule has 0 saturated carbocycles. The second-order valence-corrected chi connectivity index (χ2v) is 6.40. The standard InChI is InChI=1S/C17H19N3O2S/c1-13-18-17(22-19-13)12-20(10-14-6-3-2-4-7-14)11-15(21)16-8-5-9-23-16/h2-9,15,21H,10-12H2,1H3. The van der Waals surface area contributed by atoms with Crippen LogP contribution in [0.2, 0.25) is 0 Å². The zero-order chi connectivity index (χ0) is 16.1. The molecule has 0 aliphatic heterocycles. The van der Waals surface area contributed by atoms with E-state index in [0.717, 1.165) is 4.88 Å². The molecular weight excluding hydrogens is 310 g/mol. The van der Waals surface area contributed by atoms with Crippen LogP contribution in [-0.4, -0.2) is 26.7 Å². The van der Waals surface area contributed by atoms with Gasteiger partial charge in [0.2, 0.25) is 5.89 Å². The molecule has 0 aliphatic carbocycles. The van der Waals surface area contributed by atoms with Crippen LogP contribution >= 0.6 is 11.3 Å². The van der Waals surface area contributed by atoms with Gasteiger partial charge < -0.3 is 9.63 Å². The minimum Gasteiger partial charge on any atom is -0.386 e. The Morgan fingerprint density at radius 1 is 1.17 bits per heavy atom. The maximum absolute atomic E-state index is 10.4. The van der Waals surface area contributed by atoms with Crippen molar-refractivity contribution in [3.05, 3.63) is 70.0 Å². The Hall–Kier alpha value is -2.02. The number of aliphatic hydroxyl groups excluding tert-OH is 1. The second-order valence-electron chi connectivity index (χ2n) is 5.42. The van der Waals surface area contributed by atoms with E-state index in [9.17, 15) is 5.11 Å². The zero-order valence-corrected chi connectivity index (χ0v) is 13.7. The van der Waals surface area contributed by atoms with E-state index in [1.807, 2.05) is 35.7 Å². The minimum absolute atomic E-state index is 0.511. The van der Waals surface area contributed by atoms with Crippen molar-refractivity contribution in [2.45, 2.75) is 26.1 Å². The third-order valence-electron chi connectivity index (χ3n) is 3.48. The van der Waals surface area contributed by atoms with Gasteiger partial charge >= 0.3 is 0 Å². The fourth-order valence-corrected chi connectivity index (χ4v) is 3.14. The first kappa shape index (κ1) is 15.9. The minimum atomic E-state index is -0.525. The lowest BCUT2D eigenvalue weighted by molar-refractivity contribution is 0.100. The molecule has 6 heteroatoms. The number of aryl methyl sites for hydroxylation is 1. The van der Waals surface area contributed by atoms with Crippen LogP contribution in [0, 0.1) is 6.92 Å². The lowest BCUT2D eigenvalue weighted by atomic mass is 10.2. The highest BCUT2D eigenvalue weighted by atomic mass is 32.1. The second kappa shape index (κ2) is 7.50. The summed E-state index contributed by atoms with van der Waals surface area (Å²) in [5.74, 6) is 1.19. The lowest BCUT2D eigenvalue weighted by Gasteiger charge is -2.23. The van der Waals surface area contributed by atoms with Crippen LogP contribution < -0.4 is 0 Å². The van der Waals surface area contributed by atoms with Gasteiger partial charge in [0.15, 0.2) is 5.82 Å². The molecule has 1 unspecified atom stereocenters. The summed E-state index contributed by atoms with van der Waals surface area (Å²) in [7, 11) is 0. The average molecular weight is 329 g/mol. The van der Waals surface area contributed by atoms with E-state index in [1.54, 1.807) is 18.3 Å². The van der Waals surface area contributed by atoms with Gasteiger partial charge in [-0.2, -0.15) is 4.98 Å². The number of hydrogen-bond acceptors (Lipinski definition) is 6. The van der Waals surface area contributed by atoms with Crippen molar-refractivity contribution in [2.24, 2.45) is 0 Å². The van der Waals surface area contributed by atoms with Crippen LogP contribution in [0.5, 0.6) is 0 Å². The molecule has 2 aromatic heterocycles. The van der Waals surface area contributed by atoms with E-state index >= 15 is 0 Å². The highest BCUT2D eigenvalue weighted by molar-refractivity contribution is 7.10. The summed E-state index contributed by atoms with van der Waals surface area (Å²) >= 11 is 1.56. The first-order valence-corrected chi connectivity index (χ1v) is 8.35. The van der Waals surface area contributed by atoms with Crippen molar-refractivity contribution in [3.8, 4) is 0 Å². The number of aliphatic hydroxyl groups is 1. The lowest BCUT2D eigenvalue weighted by Crippen LogP contribution is -2.28. The van der Waals surface area contributed by atoms with Crippen LogP contribution in [0.25, 0.3) is 0 Å². The fraction of sp³-hybridized carbons (Fsp3) is 0.294. The largest absolute Gasteiger partial charge is 0.386 e. The molecular formula is C17H19N3O2S. The predicted molar refractivity (Wildman–Crippen MR) is 88.9 cm³/mol. The van der Waals surface area contributed by atoms with Crippen molar-refractivity contribution in [1.29, 1.82) is 0 Å². The maximum Gasteiger partial charge on any atom is 0.240 e. The van der Waals surface area contributed by atoms with Gasteiger partial charge in [-0.05, 0) is 23.9 Å². The number of rotatable bonds is 7. The van der Waals surface area contributed by atoms with Gasteiger partial charge in [-0.1, -0.05) is 41.6 Å². The predicted octanol–water partition coefficient (Wildman–Crippen LogP) is 3.18. The number of hydrogen-bond donors (Lipinski definition) is 1. The quantitative estimate of drug-likeness (QED) is 0.721. The third kappa shape index (κ3) is 4.48. The van der Waals surface area contributed by atoms with Gasteiger partial charge in [0.25, 0.3) is 0 Å². The van der Waals surface area contributed by atoms with Crippen LogP contribution in [0.4, 0.5) is 0 Å². The molecule has 1 atom stereocenters. The Morgan fingerprint density at radius 2 is 2.00 bits per heavy atom. The van der Waals surface area contributed by atoms with Crippen LogP contribution in [0.3, 0.4) is 0 Å². The van der Waals surface area contributed by atoms with Gasteiger partial charge in [-0.15, -0.1) is 11.3 Å². The summed E-state index contributed by atoms with van der Waals surface area (Å²) in [6.07, 6.45) is -0.525. The molecule has 0 radical (unpaired) electrons. The molecule has 3 aromatic rings. The van der Waals surface area contributed by atoms with E-state index in [2.05, 4.69) is 27.2 Å². The number of aromatic nitrogens is 2. The Morgan fingerprint density at radius 3 is 2.65 bits per heavy atom. The summed E-state index contributed by atoms with van der Waals surface area (Å²) in [5, 5.41) is 16.2. The highest BCUT2D eigenvalue weighted by Gasteiger charge is 2.17. The Labute approximate surface area is 139 Å². The van der Waals surface area contributed by atoms with Gasteiger partial charge in [-0.3, -0.25) is 4.90 Å². The Balaban J connectivity index is 1.72. The Kier molecular flexibility index (Phi) is 5.17. The number of thiophene rings is 1. The van der Waals surface area contributed by atoms with E-state index in [-0.39, 0.29) is 0 Å². The summed E-state index contributed by atoms with van der Waals surface area (Å²) in [6.45, 7) is 3.54. The van der Waals surface area contributed by atoms with Gasteiger partial charge in [0, 0.05) is 18.0 Å². The van der Waals surface area contributed by atoms with Gasteiger partial charge in [0.1, 0.15) is 6.10 Å². The molecule has 23 heavy (non-hydrogen) atoms. The first-order chi connectivity index (χ1) is 11.2. The van der Waals surface area contributed by atoms with Crippen LogP contribution in [0.1, 0.15) is 28.3 Å². The maximum atomic E-state index is 10.4. The van der Waals surface area contributed by atoms with E-state index in [1.165, 1.54) is 5.56 Å². The van der Waals surface area contributed by atoms with E-state index < -0.39 is 6.10 Å². The molecule has 0 saturated heterocycles. The number of benzene rings is 1. The SMILES string of the molecule is Cc1noc(CN(Cc2ccccc2)CC(O)c2cccs2)n1. The molecule has 0 fully saturated rings. The molecule has 1 aromatic carbocycles. The van der Waals surface area contributed by atoms with E-state index in [4.69, 9.17) is 4.52 Å². The molecule has 0 amide bonds. The summed E-state index contributed by atoms with van der Waals surface area (Å²) in [6, 6.07) is 14.1. The third-order valence-corrected chi connectivity index (χ3v) is 4.45. The first-order valence-electron chi connectivity index (χ1n) is 7.47. The molecule has 3 rings (SSSR count). The highest BCUT2D eigenvalue weighted by Crippen LogP contribution is 2.21. The molecule has 0 bridgehead atoms. The number of nitrogens with zero attached hydrogens (tertiary/aromatic N) is 3. The van der Waals surface area contributed by atoms with Crippen molar-refractivity contribution in [3.63, 3.8) is 0 Å². The zero-order valence-electron chi connectivity index (χ0n) is 12.9. The van der Waals surface area contributed by atoms with Crippen molar-refractivity contribution in [2.75, 3.05) is 6.54 Å². The van der Waals surface area contributed by atoms with E-state index in [0.29, 0.717) is 31.3 Å². The van der Waals surface area contributed by atoms with Gasteiger partial charge in [-0.25, -0.2) is 0 Å². The van der Waals surface area contributed by atoms with Gasteiger partial charge in [0.05, 0.1) is 6.54 Å². The topological polar surface area (TPSA) is 62.4 Å². The van der Waals surface area contributed by atoms with Crippen LogP contribution in [-0.2, 0) is 13.1 Å². The summed E-state index contributed by atoms with van der Waals surface area (Å²) in [4.78, 5) is 7.34. The smallest absolute Gasteiger partial charge is 0.240 e.